The molecule has 6 heteroatoms. The van der Waals surface area contributed by atoms with Crippen LogP contribution in [0, 0.1) is 6.92 Å². The molecule has 0 saturated heterocycles. The number of nitrogen functional groups attached to an aromatic ring is 1. The molecule has 0 spiro atoms. The number of anilines is 2. The summed E-state index contributed by atoms with van der Waals surface area (Å²) < 4.78 is 5.38. The van der Waals surface area contributed by atoms with Crippen LogP contribution in [0.25, 0.3) is 0 Å². The molecule has 0 radical (unpaired) electrons. The quantitative estimate of drug-likeness (QED) is 0.822. The fourth-order valence-corrected chi connectivity index (χ4v) is 1.84. The van der Waals surface area contributed by atoms with Crippen molar-refractivity contribution in [2.75, 3.05) is 11.1 Å². The summed E-state index contributed by atoms with van der Waals surface area (Å²) in [6, 6.07) is 5.33. The van der Waals surface area contributed by atoms with Crippen molar-refractivity contribution >= 4 is 17.6 Å². The predicted molar refractivity (Wildman–Crippen MR) is 69.8 cm³/mol. The maximum absolute atomic E-state index is 12.1. The summed E-state index contributed by atoms with van der Waals surface area (Å²) in [6.07, 6.45) is 2.15. The number of hydrogen-bond donors (Lipinski definition) is 2. The van der Waals surface area contributed by atoms with Crippen LogP contribution in [0.4, 0.5) is 11.7 Å². The number of nitrogens with two attached hydrogens (primary N) is 1. The Bertz CT molecular complexity index is 631. The Morgan fingerprint density at radius 1 is 1.42 bits per heavy atom. The number of rotatable bonds is 3. The lowest BCUT2D eigenvalue weighted by Crippen LogP contribution is -2.14. The number of carbonyl (C=O) groups excluding carboxylic acids is 1. The van der Waals surface area contributed by atoms with Crippen LogP contribution in [0.5, 0.6) is 0 Å². The lowest BCUT2D eigenvalue weighted by Gasteiger charge is -2.06. The van der Waals surface area contributed by atoms with E-state index in [2.05, 4.69) is 15.5 Å². The number of nitrogens with one attached hydrogen (secondary N) is 1. The van der Waals surface area contributed by atoms with Gasteiger partial charge in [-0.25, -0.2) is 0 Å². The zero-order valence-electron chi connectivity index (χ0n) is 10.5. The molecule has 0 aliphatic heterocycles. The summed E-state index contributed by atoms with van der Waals surface area (Å²) in [4.78, 5) is 12.1. The van der Waals surface area contributed by atoms with Crippen molar-refractivity contribution in [1.29, 1.82) is 0 Å². The molecule has 0 atom stereocenters. The molecule has 1 heterocycles. The highest BCUT2D eigenvalue weighted by Crippen LogP contribution is 2.39. The lowest BCUT2D eigenvalue weighted by atomic mass is 10.1. The maximum atomic E-state index is 12.1. The second-order valence-corrected chi connectivity index (χ2v) is 4.69. The second-order valence-electron chi connectivity index (χ2n) is 4.69. The molecule has 3 N–H and O–H groups in total. The molecule has 1 aromatic carbocycles. The fraction of sp³-hybridized carbons (Fsp3) is 0.308. The Morgan fingerprint density at radius 2 is 2.21 bits per heavy atom. The zero-order chi connectivity index (χ0) is 13.4. The van der Waals surface area contributed by atoms with E-state index in [1.54, 1.807) is 25.1 Å². The Kier molecular flexibility index (Phi) is 2.70. The first-order valence-corrected chi connectivity index (χ1v) is 6.15. The average Bonchev–Trinajstić information content (AvgIpc) is 3.14. The van der Waals surface area contributed by atoms with Crippen LogP contribution in [-0.4, -0.2) is 16.1 Å². The third-order valence-electron chi connectivity index (χ3n) is 3.21. The maximum Gasteiger partial charge on any atom is 0.322 e. The molecule has 0 bridgehead atoms. The average molecular weight is 258 g/mol. The zero-order valence-corrected chi connectivity index (χ0v) is 10.5. The van der Waals surface area contributed by atoms with Gasteiger partial charge in [0, 0.05) is 17.2 Å². The molecule has 1 fully saturated rings. The molecular formula is C13H14N4O2. The minimum atomic E-state index is -0.296. The van der Waals surface area contributed by atoms with E-state index >= 15 is 0 Å². The molecule has 19 heavy (non-hydrogen) atoms. The Morgan fingerprint density at radius 3 is 2.95 bits per heavy atom. The molecule has 1 aliphatic carbocycles. The molecule has 1 aromatic heterocycles. The van der Waals surface area contributed by atoms with Crippen molar-refractivity contribution < 1.29 is 9.21 Å². The summed E-state index contributed by atoms with van der Waals surface area (Å²) in [5, 5.41) is 10.3. The summed E-state index contributed by atoms with van der Waals surface area (Å²) in [7, 11) is 0. The molecule has 1 saturated carbocycles. The Hall–Kier alpha value is -2.37. The molecule has 1 amide bonds. The number of hydrogen-bond acceptors (Lipinski definition) is 5. The molecule has 1 aliphatic rings. The van der Waals surface area contributed by atoms with Gasteiger partial charge in [0.15, 0.2) is 0 Å². The van der Waals surface area contributed by atoms with E-state index in [-0.39, 0.29) is 11.9 Å². The molecule has 2 aromatic rings. The van der Waals surface area contributed by atoms with Gasteiger partial charge in [0.1, 0.15) is 0 Å². The van der Waals surface area contributed by atoms with Gasteiger partial charge < -0.3 is 10.2 Å². The van der Waals surface area contributed by atoms with Crippen LogP contribution in [0.2, 0.25) is 0 Å². The van der Waals surface area contributed by atoms with Crippen molar-refractivity contribution in [3.63, 3.8) is 0 Å². The number of aromatic nitrogens is 2. The van der Waals surface area contributed by atoms with E-state index in [0.717, 1.165) is 18.4 Å². The van der Waals surface area contributed by atoms with Gasteiger partial charge in [-0.3, -0.25) is 10.1 Å². The third-order valence-corrected chi connectivity index (χ3v) is 3.21. The number of nitrogens with zero attached hydrogens (tertiary/aromatic N) is 2. The first-order chi connectivity index (χ1) is 9.15. The molecule has 3 rings (SSSR count). The molecule has 98 valence electrons. The van der Waals surface area contributed by atoms with Crippen LogP contribution < -0.4 is 11.1 Å². The normalized spacial score (nSPS) is 14.4. The van der Waals surface area contributed by atoms with Crippen molar-refractivity contribution in [3.05, 3.63) is 35.2 Å². The number of amides is 1. The van der Waals surface area contributed by atoms with Gasteiger partial charge in [-0.2, -0.15) is 0 Å². The summed E-state index contributed by atoms with van der Waals surface area (Å²) in [5.41, 5.74) is 7.60. The van der Waals surface area contributed by atoms with E-state index in [1.165, 1.54) is 0 Å². The summed E-state index contributed by atoms with van der Waals surface area (Å²) >= 11 is 0. The van der Waals surface area contributed by atoms with Crippen LogP contribution in [0.3, 0.4) is 0 Å². The highest BCUT2D eigenvalue weighted by Gasteiger charge is 2.29. The van der Waals surface area contributed by atoms with Gasteiger partial charge in [-0.15, -0.1) is 5.10 Å². The molecular weight excluding hydrogens is 244 g/mol. The second kappa shape index (κ2) is 4.38. The lowest BCUT2D eigenvalue weighted by molar-refractivity contribution is 0.102. The summed E-state index contributed by atoms with van der Waals surface area (Å²) in [5.74, 6) is 0.669. The van der Waals surface area contributed by atoms with Crippen LogP contribution in [-0.2, 0) is 0 Å². The standard InChI is InChI=1S/C13H14N4O2/c1-7-9(3-2-4-10(7)14)11(18)15-13-17-16-12(19-13)8-5-6-8/h2-4,8H,5-6,14H2,1H3,(H,15,17,18). The molecule has 6 nitrogen and oxygen atoms in total. The first-order valence-electron chi connectivity index (χ1n) is 6.15. The van der Waals surface area contributed by atoms with Gasteiger partial charge in [-0.1, -0.05) is 11.2 Å². The van der Waals surface area contributed by atoms with Gasteiger partial charge in [-0.05, 0) is 37.5 Å². The number of carbonyl (C=O) groups is 1. The van der Waals surface area contributed by atoms with E-state index in [1.807, 2.05) is 0 Å². The van der Waals surface area contributed by atoms with Gasteiger partial charge >= 0.3 is 6.01 Å². The van der Waals surface area contributed by atoms with E-state index in [0.29, 0.717) is 23.1 Å². The van der Waals surface area contributed by atoms with E-state index in [9.17, 15) is 4.79 Å². The SMILES string of the molecule is Cc1c(N)cccc1C(=O)Nc1nnc(C2CC2)o1. The smallest absolute Gasteiger partial charge is 0.322 e. The van der Waals surface area contributed by atoms with Gasteiger partial charge in [0.2, 0.25) is 5.89 Å². The largest absolute Gasteiger partial charge is 0.408 e. The summed E-state index contributed by atoms with van der Waals surface area (Å²) in [6.45, 7) is 1.80. The van der Waals surface area contributed by atoms with Crippen molar-refractivity contribution in [2.45, 2.75) is 25.7 Å². The Balaban J connectivity index is 1.78. The van der Waals surface area contributed by atoms with E-state index < -0.39 is 0 Å². The van der Waals surface area contributed by atoms with Crippen LogP contribution >= 0.6 is 0 Å². The minimum Gasteiger partial charge on any atom is -0.408 e. The Labute approximate surface area is 110 Å². The third kappa shape index (κ3) is 2.29. The van der Waals surface area contributed by atoms with E-state index in [4.69, 9.17) is 10.2 Å². The molecule has 0 unspecified atom stereocenters. The highest BCUT2D eigenvalue weighted by molar-refractivity contribution is 6.04. The van der Waals surface area contributed by atoms with Crippen LogP contribution in [0.15, 0.2) is 22.6 Å². The van der Waals surface area contributed by atoms with Crippen LogP contribution in [0.1, 0.15) is 40.6 Å². The fourth-order valence-electron chi connectivity index (χ4n) is 1.84. The topological polar surface area (TPSA) is 94.0 Å². The monoisotopic (exact) mass is 258 g/mol. The predicted octanol–water partition coefficient (Wildman–Crippen LogP) is 2.09. The van der Waals surface area contributed by atoms with Gasteiger partial charge in [0.05, 0.1) is 0 Å². The number of benzene rings is 1. The van der Waals surface area contributed by atoms with Gasteiger partial charge in [0.25, 0.3) is 5.91 Å². The minimum absolute atomic E-state index is 0.133. The van der Waals surface area contributed by atoms with Crippen molar-refractivity contribution in [1.82, 2.24) is 10.2 Å². The first kappa shape index (κ1) is 11.7. The van der Waals surface area contributed by atoms with Crippen molar-refractivity contribution in [3.8, 4) is 0 Å². The highest BCUT2D eigenvalue weighted by atomic mass is 16.4. The van der Waals surface area contributed by atoms with Crippen molar-refractivity contribution in [2.24, 2.45) is 0 Å².